The minimum absolute atomic E-state index is 0.529. The van der Waals surface area contributed by atoms with E-state index < -0.39 is 6.10 Å². The predicted octanol–water partition coefficient (Wildman–Crippen LogP) is 2.44. The van der Waals surface area contributed by atoms with Gasteiger partial charge in [0.05, 0.1) is 23.5 Å². The van der Waals surface area contributed by atoms with Crippen LogP contribution < -0.4 is 0 Å². The second kappa shape index (κ2) is 6.52. The Balaban J connectivity index is 2.11. The maximum atomic E-state index is 10.4. The number of thiophene rings is 1. The summed E-state index contributed by atoms with van der Waals surface area (Å²) in [4.78, 5) is 2.07. The molecule has 0 aliphatic carbocycles. The third-order valence-electron chi connectivity index (χ3n) is 2.92. The van der Waals surface area contributed by atoms with Crippen LogP contribution in [0.3, 0.4) is 0 Å². The molecule has 0 aliphatic heterocycles. The van der Waals surface area contributed by atoms with Gasteiger partial charge in [-0.2, -0.15) is 16.4 Å². The monoisotopic (exact) mass is 299 g/mol. The molecule has 104 valence electrons. The van der Waals surface area contributed by atoms with Crippen LogP contribution in [0.5, 0.6) is 0 Å². The second-order valence-corrected chi connectivity index (χ2v) is 5.94. The summed E-state index contributed by atoms with van der Waals surface area (Å²) in [6.07, 6.45) is 1.55. The summed E-state index contributed by atoms with van der Waals surface area (Å²) in [6, 6.07) is 2.02. The molecule has 0 fully saturated rings. The smallest absolute Gasteiger partial charge is 0.101 e. The lowest BCUT2D eigenvalue weighted by Crippen LogP contribution is -2.21. The average Bonchev–Trinajstić information content (AvgIpc) is 2.96. The van der Waals surface area contributed by atoms with Crippen molar-refractivity contribution in [1.29, 1.82) is 0 Å². The van der Waals surface area contributed by atoms with E-state index >= 15 is 0 Å². The van der Waals surface area contributed by atoms with Crippen LogP contribution in [0, 0.1) is 0 Å². The van der Waals surface area contributed by atoms with Gasteiger partial charge >= 0.3 is 0 Å². The molecule has 6 heteroatoms. The summed E-state index contributed by atoms with van der Waals surface area (Å²) in [5.74, 6) is 0. The molecule has 0 aromatic carbocycles. The molecule has 1 atom stereocenters. The molecule has 19 heavy (non-hydrogen) atoms. The molecule has 1 N–H and O–H groups in total. The standard InChI is InChI=1S/C13H18ClN3OS/c1-16(2)4-5-17-13(11(14)8-15-17)12(18)7-10-3-6-19-9-10/h3,6,8-9,12,18H,4-5,7H2,1-2H3. The van der Waals surface area contributed by atoms with Gasteiger partial charge in [0.2, 0.25) is 0 Å². The lowest BCUT2D eigenvalue weighted by Gasteiger charge is -2.15. The minimum Gasteiger partial charge on any atom is -0.386 e. The van der Waals surface area contributed by atoms with Crippen molar-refractivity contribution in [3.8, 4) is 0 Å². The maximum Gasteiger partial charge on any atom is 0.101 e. The zero-order chi connectivity index (χ0) is 13.8. The van der Waals surface area contributed by atoms with Gasteiger partial charge in [-0.3, -0.25) is 4.68 Å². The van der Waals surface area contributed by atoms with Crippen molar-refractivity contribution in [1.82, 2.24) is 14.7 Å². The summed E-state index contributed by atoms with van der Waals surface area (Å²) in [6.45, 7) is 1.58. The Morgan fingerprint density at radius 1 is 1.53 bits per heavy atom. The lowest BCUT2D eigenvalue weighted by molar-refractivity contribution is 0.165. The third-order valence-corrected chi connectivity index (χ3v) is 3.94. The SMILES string of the molecule is CN(C)CCn1ncc(Cl)c1C(O)Cc1ccsc1. The number of aliphatic hydroxyl groups excluding tert-OH is 1. The van der Waals surface area contributed by atoms with E-state index in [2.05, 4.69) is 10.00 Å². The highest BCUT2D eigenvalue weighted by atomic mass is 35.5. The summed E-state index contributed by atoms with van der Waals surface area (Å²) in [5, 5.41) is 19.2. The van der Waals surface area contributed by atoms with Gasteiger partial charge in [0, 0.05) is 13.0 Å². The summed E-state index contributed by atoms with van der Waals surface area (Å²) in [5.41, 5.74) is 1.82. The number of hydrogen-bond acceptors (Lipinski definition) is 4. The van der Waals surface area contributed by atoms with E-state index in [0.29, 0.717) is 17.1 Å². The largest absolute Gasteiger partial charge is 0.386 e. The molecule has 2 heterocycles. The molecule has 0 amide bonds. The number of rotatable bonds is 6. The normalized spacial score (nSPS) is 13.1. The molecule has 0 radical (unpaired) electrons. The molecule has 2 aromatic heterocycles. The van der Waals surface area contributed by atoms with Crippen molar-refractivity contribution in [2.45, 2.75) is 19.1 Å². The van der Waals surface area contributed by atoms with Gasteiger partial charge in [0.25, 0.3) is 0 Å². The first-order valence-corrected chi connectivity index (χ1v) is 7.45. The fraction of sp³-hybridized carbons (Fsp3) is 0.462. The van der Waals surface area contributed by atoms with Gasteiger partial charge in [-0.25, -0.2) is 0 Å². The summed E-state index contributed by atoms with van der Waals surface area (Å²) < 4.78 is 1.79. The lowest BCUT2D eigenvalue weighted by atomic mass is 10.1. The zero-order valence-electron chi connectivity index (χ0n) is 11.1. The fourth-order valence-corrected chi connectivity index (χ4v) is 2.85. The van der Waals surface area contributed by atoms with Crippen LogP contribution in [-0.4, -0.2) is 40.4 Å². The highest BCUT2D eigenvalue weighted by Gasteiger charge is 2.18. The number of halogens is 1. The molecular weight excluding hydrogens is 282 g/mol. The summed E-state index contributed by atoms with van der Waals surface area (Å²) in [7, 11) is 4.01. The van der Waals surface area contributed by atoms with Crippen LogP contribution in [0.4, 0.5) is 0 Å². The highest BCUT2D eigenvalue weighted by molar-refractivity contribution is 7.07. The first kappa shape index (κ1) is 14.5. The Hall–Kier alpha value is -0.880. The molecule has 0 aliphatic rings. The fourth-order valence-electron chi connectivity index (χ4n) is 1.90. The van der Waals surface area contributed by atoms with Crippen molar-refractivity contribution in [3.63, 3.8) is 0 Å². The van der Waals surface area contributed by atoms with E-state index in [9.17, 15) is 5.11 Å². The van der Waals surface area contributed by atoms with E-state index in [-0.39, 0.29) is 0 Å². The van der Waals surface area contributed by atoms with Crippen LogP contribution >= 0.6 is 22.9 Å². The first-order valence-electron chi connectivity index (χ1n) is 6.13. The molecule has 2 aromatic rings. The number of hydrogen-bond donors (Lipinski definition) is 1. The molecule has 4 nitrogen and oxygen atoms in total. The number of likely N-dealkylation sites (N-methyl/N-ethyl adjacent to an activating group) is 1. The predicted molar refractivity (Wildman–Crippen MR) is 78.8 cm³/mol. The highest BCUT2D eigenvalue weighted by Crippen LogP contribution is 2.26. The van der Waals surface area contributed by atoms with Gasteiger partial charge in [0.1, 0.15) is 6.10 Å². The topological polar surface area (TPSA) is 41.3 Å². The Kier molecular flexibility index (Phi) is 4.99. The van der Waals surface area contributed by atoms with E-state index in [1.807, 2.05) is 30.9 Å². The van der Waals surface area contributed by atoms with Crippen molar-refractivity contribution >= 4 is 22.9 Å². The van der Waals surface area contributed by atoms with Gasteiger partial charge in [0.15, 0.2) is 0 Å². The molecule has 1 unspecified atom stereocenters. The Bertz CT molecular complexity index is 510. The zero-order valence-corrected chi connectivity index (χ0v) is 12.7. The van der Waals surface area contributed by atoms with Gasteiger partial charge < -0.3 is 10.0 Å². The van der Waals surface area contributed by atoms with Crippen LogP contribution in [0.15, 0.2) is 23.0 Å². The molecule has 2 rings (SSSR count). The van der Waals surface area contributed by atoms with Gasteiger partial charge in [-0.1, -0.05) is 11.6 Å². The molecule has 0 saturated heterocycles. The average molecular weight is 300 g/mol. The third kappa shape index (κ3) is 3.79. The van der Waals surface area contributed by atoms with Crippen molar-refractivity contribution < 1.29 is 5.11 Å². The Labute approximate surface area is 122 Å². The van der Waals surface area contributed by atoms with E-state index in [1.54, 1.807) is 22.2 Å². The van der Waals surface area contributed by atoms with Gasteiger partial charge in [-0.05, 0) is 36.5 Å². The number of nitrogens with zero attached hydrogens (tertiary/aromatic N) is 3. The van der Waals surface area contributed by atoms with E-state index in [0.717, 1.165) is 18.7 Å². The quantitative estimate of drug-likeness (QED) is 0.891. The summed E-state index contributed by atoms with van der Waals surface area (Å²) >= 11 is 7.77. The van der Waals surface area contributed by atoms with Gasteiger partial charge in [-0.15, -0.1) is 0 Å². The molecule has 0 saturated carbocycles. The molecule has 0 spiro atoms. The molecular formula is C13H18ClN3OS. The second-order valence-electron chi connectivity index (χ2n) is 4.76. The Morgan fingerprint density at radius 2 is 2.32 bits per heavy atom. The van der Waals surface area contributed by atoms with Crippen molar-refractivity contribution in [3.05, 3.63) is 39.3 Å². The molecule has 0 bridgehead atoms. The van der Waals surface area contributed by atoms with Crippen LogP contribution in [0.1, 0.15) is 17.4 Å². The van der Waals surface area contributed by atoms with Crippen LogP contribution in [0.25, 0.3) is 0 Å². The van der Waals surface area contributed by atoms with Crippen LogP contribution in [0.2, 0.25) is 5.02 Å². The van der Waals surface area contributed by atoms with Crippen LogP contribution in [-0.2, 0) is 13.0 Å². The van der Waals surface area contributed by atoms with Crippen molar-refractivity contribution in [2.24, 2.45) is 0 Å². The Morgan fingerprint density at radius 3 is 2.95 bits per heavy atom. The maximum absolute atomic E-state index is 10.4. The first-order chi connectivity index (χ1) is 9.08. The minimum atomic E-state index is -0.619. The number of aromatic nitrogens is 2. The number of aliphatic hydroxyl groups is 1. The van der Waals surface area contributed by atoms with Crippen molar-refractivity contribution in [2.75, 3.05) is 20.6 Å². The van der Waals surface area contributed by atoms with E-state index in [1.165, 1.54) is 0 Å². The van der Waals surface area contributed by atoms with E-state index in [4.69, 9.17) is 11.6 Å².